The van der Waals surface area contributed by atoms with Crippen LogP contribution in [0.4, 0.5) is 5.69 Å². The molecular weight excluding hydrogens is 492 g/mol. The maximum atomic E-state index is 14.0. The average molecular weight is 515 g/mol. The number of pyridine rings is 1. The van der Waals surface area contributed by atoms with Gasteiger partial charge in [0.1, 0.15) is 4.90 Å². The number of benzene rings is 3. The van der Waals surface area contributed by atoms with Crippen molar-refractivity contribution in [3.05, 3.63) is 132 Å². The Morgan fingerprint density at radius 2 is 1.66 bits per heavy atom. The number of hydrogen-bond acceptors (Lipinski definition) is 5. The lowest BCUT2D eigenvalue weighted by Crippen LogP contribution is -2.23. The Bertz CT molecular complexity index is 1870. The second-order valence-electron chi connectivity index (χ2n) is 8.94. The Labute approximate surface area is 220 Å². The number of rotatable bonds is 5. The summed E-state index contributed by atoms with van der Waals surface area (Å²) in [5, 5.41) is 10.4. The Morgan fingerprint density at radius 3 is 2.45 bits per heavy atom. The van der Waals surface area contributed by atoms with Crippen LogP contribution in [0, 0.1) is 11.3 Å². The van der Waals surface area contributed by atoms with E-state index in [0.717, 1.165) is 22.3 Å². The van der Waals surface area contributed by atoms with Gasteiger partial charge in [-0.3, -0.25) is 4.98 Å². The molecular formula is C31H22N4O2S. The Balaban J connectivity index is 1.62. The first-order valence-electron chi connectivity index (χ1n) is 12.1. The van der Waals surface area contributed by atoms with Gasteiger partial charge >= 0.3 is 0 Å². The van der Waals surface area contributed by atoms with E-state index in [1.54, 1.807) is 48.8 Å². The van der Waals surface area contributed by atoms with Crippen molar-refractivity contribution >= 4 is 37.6 Å². The minimum atomic E-state index is -3.86. The number of hydrogen-bond donors (Lipinski definition) is 1. The number of sulfone groups is 1. The Kier molecular flexibility index (Phi) is 5.87. The van der Waals surface area contributed by atoms with Gasteiger partial charge in [-0.25, -0.2) is 8.42 Å². The molecule has 0 unspecified atom stereocenters. The van der Waals surface area contributed by atoms with E-state index in [-0.39, 0.29) is 9.79 Å². The molecule has 184 valence electrons. The summed E-state index contributed by atoms with van der Waals surface area (Å²) in [4.78, 5) is 10.1. The summed E-state index contributed by atoms with van der Waals surface area (Å²) in [6.07, 6.45) is 7.38. The topological polar surface area (TPSA) is 89.8 Å². The van der Waals surface area contributed by atoms with Crippen molar-refractivity contribution in [2.75, 3.05) is 11.4 Å². The van der Waals surface area contributed by atoms with Crippen LogP contribution in [-0.2, 0) is 9.84 Å². The van der Waals surface area contributed by atoms with Crippen LogP contribution in [0.2, 0.25) is 0 Å². The van der Waals surface area contributed by atoms with Crippen molar-refractivity contribution in [1.82, 2.24) is 9.97 Å². The van der Waals surface area contributed by atoms with Gasteiger partial charge in [0.05, 0.1) is 34.1 Å². The van der Waals surface area contributed by atoms with Crippen molar-refractivity contribution in [1.29, 1.82) is 5.26 Å². The number of aromatic amines is 1. The lowest BCUT2D eigenvalue weighted by atomic mass is 9.95. The number of nitriles is 1. The van der Waals surface area contributed by atoms with Gasteiger partial charge in [0.2, 0.25) is 9.84 Å². The van der Waals surface area contributed by atoms with Gasteiger partial charge in [-0.1, -0.05) is 54.6 Å². The molecule has 38 heavy (non-hydrogen) atoms. The number of nitrogens with zero attached hydrogens (tertiary/aromatic N) is 3. The van der Waals surface area contributed by atoms with E-state index >= 15 is 0 Å². The Hall–Kier alpha value is -4.93. The van der Waals surface area contributed by atoms with Gasteiger partial charge in [0.15, 0.2) is 0 Å². The number of fused-ring (bicyclic) bond motifs is 1. The molecule has 0 bridgehead atoms. The number of aromatic nitrogens is 2. The zero-order chi connectivity index (χ0) is 26.1. The zero-order valence-corrected chi connectivity index (χ0v) is 21.1. The van der Waals surface area contributed by atoms with Crippen LogP contribution in [-0.4, -0.2) is 24.9 Å². The molecule has 5 aromatic rings. The maximum absolute atomic E-state index is 14.0. The molecule has 6 rings (SSSR count). The van der Waals surface area contributed by atoms with E-state index in [1.165, 1.54) is 0 Å². The first-order chi connectivity index (χ1) is 18.6. The highest BCUT2D eigenvalue weighted by molar-refractivity contribution is 7.91. The number of allylic oxidation sites excluding steroid dienone is 2. The predicted octanol–water partition coefficient (Wildman–Crippen LogP) is 6.21. The minimum absolute atomic E-state index is 0.225. The van der Waals surface area contributed by atoms with Crippen molar-refractivity contribution in [2.45, 2.75) is 9.79 Å². The van der Waals surface area contributed by atoms with E-state index < -0.39 is 9.84 Å². The van der Waals surface area contributed by atoms with Gasteiger partial charge in [0.25, 0.3) is 0 Å². The maximum Gasteiger partial charge on any atom is 0.209 e. The molecule has 3 aromatic carbocycles. The molecule has 0 fully saturated rings. The lowest BCUT2D eigenvalue weighted by molar-refractivity contribution is 0.596. The van der Waals surface area contributed by atoms with Crippen LogP contribution in [0.1, 0.15) is 16.8 Å². The van der Waals surface area contributed by atoms with Crippen LogP contribution >= 0.6 is 0 Å². The predicted molar refractivity (Wildman–Crippen MR) is 149 cm³/mol. The fourth-order valence-electron chi connectivity index (χ4n) is 4.83. The molecule has 0 radical (unpaired) electrons. The smallest absolute Gasteiger partial charge is 0.209 e. The highest BCUT2D eigenvalue weighted by atomic mass is 32.2. The summed E-state index contributed by atoms with van der Waals surface area (Å²) in [6.45, 7) is 0.495. The normalized spacial score (nSPS) is 13.6. The van der Waals surface area contributed by atoms with E-state index in [1.807, 2.05) is 71.8 Å². The van der Waals surface area contributed by atoms with E-state index in [9.17, 15) is 13.7 Å². The fourth-order valence-corrected chi connectivity index (χ4v) is 6.49. The van der Waals surface area contributed by atoms with Crippen LogP contribution in [0.3, 0.4) is 0 Å². The molecule has 1 aliphatic heterocycles. The average Bonchev–Trinajstić information content (AvgIpc) is 3.38. The minimum Gasteiger partial charge on any atom is -0.353 e. The number of nitrogens with one attached hydrogen (secondary N) is 1. The highest BCUT2D eigenvalue weighted by Gasteiger charge is 2.29. The van der Waals surface area contributed by atoms with Crippen molar-refractivity contribution < 1.29 is 8.42 Å². The molecule has 3 heterocycles. The van der Waals surface area contributed by atoms with Crippen LogP contribution in [0.25, 0.3) is 22.0 Å². The van der Waals surface area contributed by atoms with E-state index in [0.29, 0.717) is 28.8 Å². The van der Waals surface area contributed by atoms with Gasteiger partial charge in [-0.2, -0.15) is 5.26 Å². The third kappa shape index (κ3) is 4.07. The molecule has 0 atom stereocenters. The monoisotopic (exact) mass is 514 g/mol. The molecule has 1 aliphatic rings. The number of anilines is 1. The molecule has 0 aliphatic carbocycles. The summed E-state index contributed by atoms with van der Waals surface area (Å²) in [6, 6.07) is 29.4. The van der Waals surface area contributed by atoms with Crippen molar-refractivity contribution in [3.8, 4) is 6.07 Å². The quantitative estimate of drug-likeness (QED) is 0.301. The zero-order valence-electron chi connectivity index (χ0n) is 20.2. The van der Waals surface area contributed by atoms with Gasteiger partial charge in [-0.15, -0.1) is 0 Å². The van der Waals surface area contributed by atoms with Crippen LogP contribution < -0.4 is 4.90 Å². The van der Waals surface area contributed by atoms with Crippen molar-refractivity contribution in [3.63, 3.8) is 0 Å². The van der Waals surface area contributed by atoms with Crippen LogP contribution in [0.15, 0.2) is 125 Å². The molecule has 0 amide bonds. The van der Waals surface area contributed by atoms with E-state index in [2.05, 4.69) is 16.0 Å². The van der Waals surface area contributed by atoms with E-state index in [4.69, 9.17) is 0 Å². The molecule has 0 saturated carbocycles. The summed E-state index contributed by atoms with van der Waals surface area (Å²) in [5.74, 6) is 0. The third-order valence-electron chi connectivity index (χ3n) is 6.61. The van der Waals surface area contributed by atoms with Crippen LogP contribution in [0.5, 0.6) is 0 Å². The first kappa shape index (κ1) is 23.5. The van der Waals surface area contributed by atoms with Gasteiger partial charge in [-0.05, 0) is 53.6 Å². The van der Waals surface area contributed by atoms with Crippen molar-refractivity contribution in [2.24, 2.45) is 0 Å². The molecule has 1 N–H and O–H groups in total. The summed E-state index contributed by atoms with van der Waals surface area (Å²) >= 11 is 0. The van der Waals surface area contributed by atoms with Gasteiger partial charge < -0.3 is 9.88 Å². The van der Waals surface area contributed by atoms with Gasteiger partial charge in [0, 0.05) is 35.4 Å². The Morgan fingerprint density at radius 1 is 0.895 bits per heavy atom. The third-order valence-corrected chi connectivity index (χ3v) is 8.46. The highest BCUT2D eigenvalue weighted by Crippen LogP contribution is 2.39. The lowest BCUT2D eigenvalue weighted by Gasteiger charge is -2.28. The molecule has 0 saturated heterocycles. The standard InChI is InChI=1S/C31H22N4O2S/c32-18-22-9-4-5-13-27(22)23-17-24(21-35(20-23)25-10-8-16-33-19-25)30-31(28-14-6-7-15-29(28)34-30)38(36,37)26-11-2-1-3-12-26/h1-17,19,21,34H,20H2. The number of H-pyrrole nitrogens is 1. The summed E-state index contributed by atoms with van der Waals surface area (Å²) in [7, 11) is -3.86. The molecule has 0 spiro atoms. The molecule has 6 nitrogen and oxygen atoms in total. The largest absolute Gasteiger partial charge is 0.353 e. The summed E-state index contributed by atoms with van der Waals surface area (Å²) in [5.41, 5.74) is 5.02. The first-order valence-corrected chi connectivity index (χ1v) is 13.5. The fraction of sp³-hybridized carbons (Fsp3) is 0.0323. The summed E-state index contributed by atoms with van der Waals surface area (Å²) < 4.78 is 28.1. The second kappa shape index (κ2) is 9.51. The number of para-hydroxylation sites is 1. The molecule has 7 heteroatoms. The molecule has 2 aromatic heterocycles. The second-order valence-corrected chi connectivity index (χ2v) is 10.8. The SMILES string of the molecule is N#Cc1ccccc1C1=CC(c2[nH]c3ccccc3c2S(=O)(=O)c2ccccc2)=CN(c2cccnc2)C1.